The lowest BCUT2D eigenvalue weighted by molar-refractivity contribution is 0.300. The standard InChI is InChI=1S/C23H26N6OS/c1-13-3-14-5-20(31-22(14)19(4-13)30-2)18-6-17(29-21(18)23(24)26-12-27-29)11-28-9-15-7-25-8-16(15)10-28/h3-6,12,15-16,25H,7-11H2,1-2H3,(H2,24,26,27). The van der Waals surface area contributed by atoms with Gasteiger partial charge >= 0.3 is 0 Å². The molecule has 0 radical (unpaired) electrons. The molecule has 0 amide bonds. The fourth-order valence-corrected chi connectivity index (χ4v) is 6.44. The molecule has 2 fully saturated rings. The molecule has 6 rings (SSSR count). The monoisotopic (exact) mass is 434 g/mol. The van der Waals surface area contributed by atoms with Crippen LogP contribution in [0.25, 0.3) is 26.0 Å². The number of likely N-dealkylation sites (tertiary alicyclic amines) is 1. The highest BCUT2D eigenvalue weighted by Crippen LogP contribution is 2.42. The number of nitrogens with two attached hydrogens (primary N) is 1. The molecule has 3 N–H and O–H groups in total. The van der Waals surface area contributed by atoms with Gasteiger partial charge in [-0.15, -0.1) is 11.3 Å². The summed E-state index contributed by atoms with van der Waals surface area (Å²) in [6, 6.07) is 8.76. The number of rotatable bonds is 4. The van der Waals surface area contributed by atoms with Gasteiger partial charge in [-0.2, -0.15) is 5.10 Å². The van der Waals surface area contributed by atoms with E-state index in [1.54, 1.807) is 24.8 Å². The van der Waals surface area contributed by atoms with Crippen molar-refractivity contribution in [3.8, 4) is 16.2 Å². The molecule has 0 saturated carbocycles. The van der Waals surface area contributed by atoms with Gasteiger partial charge in [-0.25, -0.2) is 9.50 Å². The molecule has 31 heavy (non-hydrogen) atoms. The first kappa shape index (κ1) is 19.0. The molecule has 7 nitrogen and oxygen atoms in total. The Bertz CT molecular complexity index is 1280. The topological polar surface area (TPSA) is 80.7 Å². The molecule has 0 aliphatic carbocycles. The molecular formula is C23H26N6OS. The smallest absolute Gasteiger partial charge is 0.152 e. The maximum absolute atomic E-state index is 6.35. The predicted molar refractivity (Wildman–Crippen MR) is 125 cm³/mol. The van der Waals surface area contributed by atoms with Crippen molar-refractivity contribution in [3.05, 3.63) is 41.9 Å². The zero-order chi connectivity index (χ0) is 21.1. The maximum Gasteiger partial charge on any atom is 0.152 e. The van der Waals surface area contributed by atoms with Crippen LogP contribution in [0.15, 0.2) is 30.6 Å². The van der Waals surface area contributed by atoms with Crippen LogP contribution in [-0.4, -0.2) is 52.8 Å². The van der Waals surface area contributed by atoms with Crippen molar-refractivity contribution in [3.63, 3.8) is 0 Å². The quantitative estimate of drug-likeness (QED) is 0.514. The molecule has 8 heteroatoms. The van der Waals surface area contributed by atoms with Crippen molar-refractivity contribution >= 4 is 32.8 Å². The van der Waals surface area contributed by atoms with E-state index in [1.165, 1.54) is 10.9 Å². The highest BCUT2D eigenvalue weighted by molar-refractivity contribution is 7.22. The van der Waals surface area contributed by atoms with Gasteiger partial charge < -0.3 is 15.8 Å². The highest BCUT2D eigenvalue weighted by Gasteiger charge is 2.36. The third-order valence-electron chi connectivity index (χ3n) is 6.72. The number of fused-ring (bicyclic) bond motifs is 3. The van der Waals surface area contributed by atoms with Crippen LogP contribution in [0.2, 0.25) is 0 Å². The molecule has 4 aromatic rings. The number of nitrogens with zero attached hydrogens (tertiary/aromatic N) is 4. The van der Waals surface area contributed by atoms with Crippen LogP contribution in [-0.2, 0) is 6.54 Å². The van der Waals surface area contributed by atoms with Crippen LogP contribution in [0.3, 0.4) is 0 Å². The van der Waals surface area contributed by atoms with Gasteiger partial charge in [-0.3, -0.25) is 4.90 Å². The summed E-state index contributed by atoms with van der Waals surface area (Å²) in [7, 11) is 1.73. The summed E-state index contributed by atoms with van der Waals surface area (Å²) in [5, 5.41) is 9.28. The van der Waals surface area contributed by atoms with Crippen LogP contribution in [0.4, 0.5) is 5.82 Å². The Morgan fingerprint density at radius 2 is 2.00 bits per heavy atom. The van der Waals surface area contributed by atoms with Crippen molar-refractivity contribution in [2.45, 2.75) is 13.5 Å². The lowest BCUT2D eigenvalue weighted by Gasteiger charge is -2.16. The first-order valence-electron chi connectivity index (χ1n) is 10.7. The summed E-state index contributed by atoms with van der Waals surface area (Å²) in [6.07, 6.45) is 1.55. The van der Waals surface area contributed by atoms with Gasteiger partial charge in [0.2, 0.25) is 0 Å². The van der Waals surface area contributed by atoms with E-state index in [0.717, 1.165) is 76.7 Å². The molecular weight excluding hydrogens is 408 g/mol. The summed E-state index contributed by atoms with van der Waals surface area (Å²) < 4.78 is 8.78. The number of hydrogen-bond acceptors (Lipinski definition) is 7. The SMILES string of the molecule is COc1cc(C)cc2cc(-c3cc(CN4CC5CNCC5C4)n4ncnc(N)c34)sc12. The molecule has 160 valence electrons. The predicted octanol–water partition coefficient (Wildman–Crippen LogP) is 3.16. The van der Waals surface area contributed by atoms with Crippen LogP contribution in [0, 0.1) is 18.8 Å². The number of ether oxygens (including phenoxy) is 1. The molecule has 1 aromatic carbocycles. The summed E-state index contributed by atoms with van der Waals surface area (Å²) >= 11 is 1.73. The van der Waals surface area contributed by atoms with Crippen LogP contribution in [0.5, 0.6) is 5.75 Å². The van der Waals surface area contributed by atoms with E-state index >= 15 is 0 Å². The van der Waals surface area contributed by atoms with Gasteiger partial charge in [0.15, 0.2) is 5.82 Å². The maximum atomic E-state index is 6.35. The Labute approximate surface area is 184 Å². The highest BCUT2D eigenvalue weighted by atomic mass is 32.1. The normalized spacial score (nSPS) is 21.4. The number of hydrogen-bond donors (Lipinski definition) is 2. The molecule has 2 aliphatic rings. The van der Waals surface area contributed by atoms with E-state index in [0.29, 0.717) is 5.82 Å². The zero-order valence-electron chi connectivity index (χ0n) is 17.8. The number of thiophene rings is 1. The minimum absolute atomic E-state index is 0.513. The number of aryl methyl sites for hydroxylation is 1. The molecule has 3 aromatic heterocycles. The largest absolute Gasteiger partial charge is 0.495 e. The molecule has 2 aliphatic heterocycles. The lowest BCUT2D eigenvalue weighted by Crippen LogP contribution is -2.26. The van der Waals surface area contributed by atoms with Gasteiger partial charge in [-0.1, -0.05) is 6.07 Å². The second kappa shape index (κ2) is 7.19. The molecule has 2 unspecified atom stereocenters. The summed E-state index contributed by atoms with van der Waals surface area (Å²) in [5.41, 5.74) is 10.7. The molecule has 0 bridgehead atoms. The summed E-state index contributed by atoms with van der Waals surface area (Å²) in [5.74, 6) is 2.96. The molecule has 0 spiro atoms. The molecule has 5 heterocycles. The van der Waals surface area contributed by atoms with Crippen molar-refractivity contribution in [1.29, 1.82) is 0 Å². The third-order valence-corrected chi connectivity index (χ3v) is 7.92. The van der Waals surface area contributed by atoms with Crippen molar-refractivity contribution in [2.75, 3.05) is 39.0 Å². The Hall–Kier alpha value is -2.68. The van der Waals surface area contributed by atoms with Crippen LogP contribution >= 0.6 is 11.3 Å². The molecule has 2 saturated heterocycles. The zero-order valence-corrected chi connectivity index (χ0v) is 18.6. The Morgan fingerprint density at radius 1 is 1.19 bits per heavy atom. The Kier molecular flexibility index (Phi) is 4.41. The third kappa shape index (κ3) is 3.09. The minimum Gasteiger partial charge on any atom is -0.495 e. The fraction of sp³-hybridized carbons (Fsp3) is 0.391. The van der Waals surface area contributed by atoms with Crippen LogP contribution in [0.1, 0.15) is 11.3 Å². The van der Waals surface area contributed by atoms with Gasteiger partial charge in [0.05, 0.1) is 17.5 Å². The number of nitrogen functional groups attached to an aromatic ring is 1. The number of benzene rings is 1. The molecule has 2 atom stereocenters. The van der Waals surface area contributed by atoms with E-state index in [4.69, 9.17) is 10.5 Å². The van der Waals surface area contributed by atoms with Crippen LogP contribution < -0.4 is 15.8 Å². The first-order chi connectivity index (χ1) is 15.1. The van der Waals surface area contributed by atoms with Gasteiger partial charge in [-0.05, 0) is 61.0 Å². The fourth-order valence-electron chi connectivity index (χ4n) is 5.29. The Balaban J connectivity index is 1.44. The first-order valence-corrected chi connectivity index (χ1v) is 11.5. The van der Waals surface area contributed by atoms with E-state index in [9.17, 15) is 0 Å². The van der Waals surface area contributed by atoms with Crippen molar-refractivity contribution in [1.82, 2.24) is 24.8 Å². The Morgan fingerprint density at radius 3 is 2.77 bits per heavy atom. The second-order valence-electron chi connectivity index (χ2n) is 8.82. The van der Waals surface area contributed by atoms with E-state index < -0.39 is 0 Å². The average Bonchev–Trinajstić information content (AvgIpc) is 3.50. The van der Waals surface area contributed by atoms with Gasteiger partial charge in [0, 0.05) is 30.1 Å². The van der Waals surface area contributed by atoms with E-state index in [1.807, 2.05) is 4.52 Å². The number of methoxy groups -OCH3 is 1. The average molecular weight is 435 g/mol. The number of nitrogens with one attached hydrogen (secondary N) is 1. The number of aromatic nitrogens is 3. The van der Waals surface area contributed by atoms with Crippen molar-refractivity contribution < 1.29 is 4.74 Å². The summed E-state index contributed by atoms with van der Waals surface area (Å²) in [6.45, 7) is 7.52. The van der Waals surface area contributed by atoms with Crippen molar-refractivity contribution in [2.24, 2.45) is 11.8 Å². The van der Waals surface area contributed by atoms with Gasteiger partial charge in [0.25, 0.3) is 0 Å². The second-order valence-corrected chi connectivity index (χ2v) is 9.88. The minimum atomic E-state index is 0.513. The number of anilines is 1. The van der Waals surface area contributed by atoms with E-state index in [-0.39, 0.29) is 0 Å². The lowest BCUT2D eigenvalue weighted by atomic mass is 10.0. The summed E-state index contributed by atoms with van der Waals surface area (Å²) in [4.78, 5) is 8.00. The van der Waals surface area contributed by atoms with Gasteiger partial charge in [0.1, 0.15) is 17.6 Å². The van der Waals surface area contributed by atoms with E-state index in [2.05, 4.69) is 51.5 Å².